The zero-order valence-electron chi connectivity index (χ0n) is 19.7. The molecule has 34 heavy (non-hydrogen) atoms. The van der Waals surface area contributed by atoms with Gasteiger partial charge >= 0.3 is 0 Å². The molecule has 0 aromatic heterocycles. The normalized spacial score (nSPS) is 25.6. The first-order valence-electron chi connectivity index (χ1n) is 12.3. The van der Waals surface area contributed by atoms with Crippen molar-refractivity contribution in [2.75, 3.05) is 44.3 Å². The molecular weight excluding hydrogens is 458 g/mol. The Labute approximate surface area is 201 Å². The van der Waals surface area contributed by atoms with E-state index in [2.05, 4.69) is 0 Å². The number of hydrogen-bond donors (Lipinski definition) is 0. The van der Waals surface area contributed by atoms with Gasteiger partial charge < -0.3 is 19.3 Å². The van der Waals surface area contributed by atoms with Gasteiger partial charge in [0.25, 0.3) is 0 Å². The van der Waals surface area contributed by atoms with E-state index in [0.29, 0.717) is 57.8 Å². The van der Waals surface area contributed by atoms with Crippen LogP contribution >= 0.6 is 0 Å². The highest BCUT2D eigenvalue weighted by atomic mass is 32.2. The van der Waals surface area contributed by atoms with Gasteiger partial charge in [0.2, 0.25) is 21.8 Å². The molecule has 9 nitrogen and oxygen atoms in total. The number of fused-ring (bicyclic) bond motifs is 1. The molecular formula is C24H33N3O6S. The maximum absolute atomic E-state index is 13.3. The number of anilines is 1. The van der Waals surface area contributed by atoms with E-state index in [1.165, 1.54) is 4.90 Å². The monoisotopic (exact) mass is 491 g/mol. The summed E-state index contributed by atoms with van der Waals surface area (Å²) in [5.74, 6) is -0.789. The van der Waals surface area contributed by atoms with Crippen LogP contribution in [0, 0.1) is 0 Å². The van der Waals surface area contributed by atoms with Gasteiger partial charge in [0.1, 0.15) is 6.54 Å². The fraction of sp³-hybridized carbons (Fsp3) is 0.667. The molecule has 0 radical (unpaired) electrons. The van der Waals surface area contributed by atoms with Crippen LogP contribution in [0.3, 0.4) is 0 Å². The van der Waals surface area contributed by atoms with Crippen molar-refractivity contribution in [1.82, 2.24) is 9.21 Å². The number of sulfonamides is 1. The summed E-state index contributed by atoms with van der Waals surface area (Å²) >= 11 is 0. The lowest BCUT2D eigenvalue weighted by molar-refractivity contribution is -0.187. The first kappa shape index (κ1) is 23.7. The van der Waals surface area contributed by atoms with Crippen LogP contribution in [-0.2, 0) is 35.5 Å². The average molecular weight is 492 g/mol. The molecule has 0 saturated carbocycles. The Balaban J connectivity index is 1.31. The van der Waals surface area contributed by atoms with Crippen molar-refractivity contribution in [3.05, 3.63) is 23.8 Å². The molecule has 3 fully saturated rings. The Kier molecular flexibility index (Phi) is 6.43. The summed E-state index contributed by atoms with van der Waals surface area (Å²) < 4.78 is 39.6. The molecule has 3 saturated heterocycles. The van der Waals surface area contributed by atoms with Crippen molar-refractivity contribution in [3.8, 4) is 0 Å². The second-order valence-electron chi connectivity index (χ2n) is 9.72. The molecule has 5 rings (SSSR count). The third-order valence-electron chi connectivity index (χ3n) is 7.58. The Morgan fingerprint density at radius 1 is 1.09 bits per heavy atom. The van der Waals surface area contributed by atoms with E-state index in [9.17, 15) is 18.0 Å². The minimum Gasteiger partial charge on any atom is -0.347 e. The van der Waals surface area contributed by atoms with E-state index in [-0.39, 0.29) is 35.7 Å². The third-order valence-corrected chi connectivity index (χ3v) is 9.59. The fourth-order valence-electron chi connectivity index (χ4n) is 5.55. The summed E-state index contributed by atoms with van der Waals surface area (Å²) in [6.45, 7) is 4.66. The lowest BCUT2D eigenvalue weighted by Crippen LogP contribution is -2.51. The van der Waals surface area contributed by atoms with Crippen molar-refractivity contribution in [3.63, 3.8) is 0 Å². The van der Waals surface area contributed by atoms with Crippen LogP contribution in [0.15, 0.2) is 23.1 Å². The zero-order valence-corrected chi connectivity index (χ0v) is 20.5. The first-order valence-corrected chi connectivity index (χ1v) is 13.7. The summed E-state index contributed by atoms with van der Waals surface area (Å²) in [7, 11) is -3.60. The van der Waals surface area contributed by atoms with Crippen LogP contribution in [-0.4, -0.2) is 80.7 Å². The van der Waals surface area contributed by atoms with E-state index in [0.717, 1.165) is 24.8 Å². The second-order valence-corrected chi connectivity index (χ2v) is 11.6. The second kappa shape index (κ2) is 9.22. The maximum atomic E-state index is 13.3. The molecule has 1 spiro atoms. The van der Waals surface area contributed by atoms with Crippen molar-refractivity contribution >= 4 is 27.5 Å². The molecule has 10 heteroatoms. The molecule has 4 heterocycles. The molecule has 0 aliphatic carbocycles. The quantitative estimate of drug-likeness (QED) is 0.638. The van der Waals surface area contributed by atoms with Gasteiger partial charge in [0.15, 0.2) is 5.79 Å². The molecule has 0 N–H and O–H groups in total. The molecule has 2 amide bonds. The van der Waals surface area contributed by atoms with Gasteiger partial charge in [-0.1, -0.05) is 6.42 Å². The van der Waals surface area contributed by atoms with E-state index in [4.69, 9.17) is 9.47 Å². The maximum Gasteiger partial charge on any atom is 0.243 e. The van der Waals surface area contributed by atoms with Crippen molar-refractivity contribution in [2.45, 2.75) is 68.6 Å². The number of benzene rings is 1. The average Bonchev–Trinajstić information content (AvgIpc) is 3.29. The smallest absolute Gasteiger partial charge is 0.243 e. The SMILES string of the molecule is C[C@H]1CCCCN1S(=O)(=O)c1ccc2c(c1)CCC(=O)N2CC(=O)N1CCC2(CC1)OCCO2. The highest BCUT2D eigenvalue weighted by Crippen LogP contribution is 2.34. The van der Waals surface area contributed by atoms with Gasteiger partial charge in [0.05, 0.1) is 18.1 Å². The Morgan fingerprint density at radius 2 is 1.82 bits per heavy atom. The minimum atomic E-state index is -3.60. The lowest BCUT2D eigenvalue weighted by Gasteiger charge is -2.38. The summed E-state index contributed by atoms with van der Waals surface area (Å²) in [6.07, 6.45) is 4.76. The van der Waals surface area contributed by atoms with Crippen molar-refractivity contribution < 1.29 is 27.5 Å². The van der Waals surface area contributed by atoms with Crippen LogP contribution in [0.5, 0.6) is 0 Å². The molecule has 4 aliphatic heterocycles. The largest absolute Gasteiger partial charge is 0.347 e. The van der Waals surface area contributed by atoms with Gasteiger partial charge in [-0.3, -0.25) is 9.59 Å². The molecule has 1 atom stereocenters. The number of ether oxygens (including phenoxy) is 2. The number of amides is 2. The van der Waals surface area contributed by atoms with E-state index in [1.54, 1.807) is 27.4 Å². The number of rotatable bonds is 4. The number of carbonyl (C=O) groups is 2. The van der Waals surface area contributed by atoms with Gasteiger partial charge in [0, 0.05) is 50.6 Å². The van der Waals surface area contributed by atoms with Crippen LogP contribution in [0.2, 0.25) is 0 Å². The van der Waals surface area contributed by atoms with Gasteiger partial charge in [-0.05, 0) is 49.9 Å². The van der Waals surface area contributed by atoms with Crippen LogP contribution in [0.4, 0.5) is 5.69 Å². The van der Waals surface area contributed by atoms with E-state index >= 15 is 0 Å². The first-order chi connectivity index (χ1) is 16.3. The minimum absolute atomic E-state index is 0.0193. The van der Waals surface area contributed by atoms with E-state index in [1.807, 2.05) is 6.92 Å². The highest BCUT2D eigenvalue weighted by molar-refractivity contribution is 7.89. The number of likely N-dealkylation sites (tertiary alicyclic amines) is 1. The lowest BCUT2D eigenvalue weighted by atomic mass is 10.0. The van der Waals surface area contributed by atoms with Gasteiger partial charge in [-0.25, -0.2) is 8.42 Å². The number of carbonyl (C=O) groups excluding carboxylic acids is 2. The predicted octanol–water partition coefficient (Wildman–Crippen LogP) is 1.89. The third kappa shape index (κ3) is 4.36. The highest BCUT2D eigenvalue weighted by Gasteiger charge is 2.41. The molecule has 4 aliphatic rings. The summed E-state index contributed by atoms with van der Waals surface area (Å²) in [6, 6.07) is 4.93. The van der Waals surface area contributed by atoms with E-state index < -0.39 is 15.8 Å². The number of piperidine rings is 2. The van der Waals surface area contributed by atoms with Crippen molar-refractivity contribution in [1.29, 1.82) is 0 Å². The Morgan fingerprint density at radius 3 is 2.53 bits per heavy atom. The number of nitrogens with zero attached hydrogens (tertiary/aromatic N) is 3. The number of aryl methyl sites for hydroxylation is 1. The number of hydrogen-bond acceptors (Lipinski definition) is 6. The molecule has 1 aromatic rings. The summed E-state index contributed by atoms with van der Waals surface area (Å²) in [5.41, 5.74) is 1.43. The summed E-state index contributed by atoms with van der Waals surface area (Å²) in [5, 5.41) is 0. The zero-order chi connectivity index (χ0) is 23.9. The van der Waals surface area contributed by atoms with Crippen LogP contribution in [0.1, 0.15) is 51.0 Å². The fourth-order valence-corrected chi connectivity index (χ4v) is 7.30. The standard InChI is InChI=1S/C24H33N3O6S/c1-18-4-2-3-11-27(18)34(30,31)20-6-7-21-19(16-20)5-8-22(28)26(21)17-23(29)25-12-9-24(10-13-25)32-14-15-33-24/h6-7,16,18H,2-5,8-15,17H2,1H3/t18-/m0/s1. The molecule has 0 unspecified atom stereocenters. The van der Waals surface area contributed by atoms with Gasteiger partial charge in [-0.2, -0.15) is 4.31 Å². The van der Waals surface area contributed by atoms with Crippen LogP contribution < -0.4 is 4.90 Å². The Bertz CT molecular complexity index is 1060. The Hall–Kier alpha value is -2.01. The molecule has 186 valence electrons. The summed E-state index contributed by atoms with van der Waals surface area (Å²) in [4.78, 5) is 29.3. The van der Waals surface area contributed by atoms with Crippen LogP contribution in [0.25, 0.3) is 0 Å². The van der Waals surface area contributed by atoms with Gasteiger partial charge in [-0.15, -0.1) is 0 Å². The molecule has 0 bridgehead atoms. The van der Waals surface area contributed by atoms with Crippen molar-refractivity contribution in [2.24, 2.45) is 0 Å². The predicted molar refractivity (Wildman–Crippen MR) is 125 cm³/mol. The topological polar surface area (TPSA) is 96.5 Å². The molecule has 1 aromatic carbocycles.